The Balaban J connectivity index is 1.22. The molecule has 4 aromatic carbocycles. The molecule has 37 heavy (non-hydrogen) atoms. The molecule has 8 heteroatoms. The Kier molecular flexibility index (Phi) is 5.34. The van der Waals surface area contributed by atoms with Crippen LogP contribution < -0.4 is 9.91 Å². The van der Waals surface area contributed by atoms with Gasteiger partial charge >= 0.3 is 0 Å². The summed E-state index contributed by atoms with van der Waals surface area (Å²) < 4.78 is 6.01. The molecule has 0 aromatic heterocycles. The van der Waals surface area contributed by atoms with Crippen molar-refractivity contribution in [1.29, 1.82) is 0 Å². The van der Waals surface area contributed by atoms with Gasteiger partial charge in [0.15, 0.2) is 0 Å². The number of hydrazone groups is 1. The summed E-state index contributed by atoms with van der Waals surface area (Å²) in [6.45, 7) is 0.198. The molecule has 0 atom stereocenters. The lowest BCUT2D eigenvalue weighted by Gasteiger charge is -2.28. The zero-order valence-corrected chi connectivity index (χ0v) is 19.5. The van der Waals surface area contributed by atoms with Crippen molar-refractivity contribution >= 4 is 34.8 Å². The molecule has 2 heterocycles. The fraction of sp³-hybridized carbons (Fsp3) is 0.0690. The van der Waals surface area contributed by atoms with Gasteiger partial charge < -0.3 is 14.9 Å². The number of carbonyl (C=O) groups is 2. The van der Waals surface area contributed by atoms with Gasteiger partial charge in [-0.3, -0.25) is 9.59 Å². The molecule has 0 saturated carbocycles. The van der Waals surface area contributed by atoms with E-state index in [0.29, 0.717) is 29.1 Å². The quantitative estimate of drug-likeness (QED) is 0.384. The molecule has 2 N–H and O–H groups in total. The van der Waals surface area contributed by atoms with Crippen LogP contribution in [0.4, 0.5) is 17.1 Å². The Morgan fingerprint density at radius 1 is 0.757 bits per heavy atom. The SMILES string of the molecule is O=C1c2ccccc2C(=O)N1c1ccc(COC2=NN(c3c(O)cccc3O)c3ccccc3C2)cc1. The van der Waals surface area contributed by atoms with Gasteiger partial charge in [0.25, 0.3) is 11.8 Å². The number of fused-ring (bicyclic) bond motifs is 2. The van der Waals surface area contributed by atoms with E-state index in [4.69, 9.17) is 4.74 Å². The van der Waals surface area contributed by atoms with Crippen molar-refractivity contribution in [3.8, 4) is 11.5 Å². The number of benzene rings is 4. The van der Waals surface area contributed by atoms with E-state index in [2.05, 4.69) is 5.10 Å². The van der Waals surface area contributed by atoms with Crippen LogP contribution in [0.3, 0.4) is 0 Å². The fourth-order valence-corrected chi connectivity index (χ4v) is 4.55. The summed E-state index contributed by atoms with van der Waals surface area (Å²) in [6, 6.07) is 25.9. The van der Waals surface area contributed by atoms with Crippen molar-refractivity contribution in [3.63, 3.8) is 0 Å². The third kappa shape index (κ3) is 3.84. The summed E-state index contributed by atoms with van der Waals surface area (Å²) in [6.07, 6.45) is 0.439. The van der Waals surface area contributed by atoms with Crippen molar-refractivity contribution in [2.45, 2.75) is 13.0 Å². The molecule has 0 radical (unpaired) electrons. The average molecular weight is 492 g/mol. The molecule has 0 saturated heterocycles. The van der Waals surface area contributed by atoms with E-state index < -0.39 is 0 Å². The first kappa shape index (κ1) is 22.4. The Morgan fingerprint density at radius 2 is 1.38 bits per heavy atom. The van der Waals surface area contributed by atoms with Crippen LogP contribution in [0.25, 0.3) is 0 Å². The van der Waals surface area contributed by atoms with Gasteiger partial charge in [0, 0.05) is 0 Å². The first-order chi connectivity index (χ1) is 18.0. The van der Waals surface area contributed by atoms with E-state index in [9.17, 15) is 19.8 Å². The molecule has 6 rings (SSSR count). The number of nitrogens with zero attached hydrogens (tertiary/aromatic N) is 3. The van der Waals surface area contributed by atoms with Gasteiger partial charge in [-0.25, -0.2) is 9.91 Å². The Bertz CT molecular complexity index is 1520. The summed E-state index contributed by atoms with van der Waals surface area (Å²) in [5.74, 6) is -0.488. The summed E-state index contributed by atoms with van der Waals surface area (Å²) in [7, 11) is 0. The maximum Gasteiger partial charge on any atom is 0.266 e. The Labute approximate surface area is 212 Å². The Hall–Kier alpha value is -5.11. The van der Waals surface area contributed by atoms with Gasteiger partial charge in [0.1, 0.15) is 23.8 Å². The fourth-order valence-electron chi connectivity index (χ4n) is 4.55. The topological polar surface area (TPSA) is 103 Å². The van der Waals surface area contributed by atoms with Crippen molar-refractivity contribution < 1.29 is 24.5 Å². The highest BCUT2D eigenvalue weighted by atomic mass is 16.5. The summed E-state index contributed by atoms with van der Waals surface area (Å²) in [4.78, 5) is 26.7. The number of carbonyl (C=O) groups excluding carboxylic acids is 2. The van der Waals surface area contributed by atoms with Crippen molar-refractivity contribution in [1.82, 2.24) is 0 Å². The number of ether oxygens (including phenoxy) is 1. The second kappa shape index (κ2) is 8.83. The van der Waals surface area contributed by atoms with E-state index in [1.807, 2.05) is 24.3 Å². The average Bonchev–Trinajstić information content (AvgIpc) is 3.17. The maximum atomic E-state index is 12.7. The third-order valence-electron chi connectivity index (χ3n) is 6.37. The van der Waals surface area contributed by atoms with Gasteiger partial charge in [0.05, 0.1) is 28.9 Å². The Morgan fingerprint density at radius 3 is 2.05 bits per heavy atom. The summed E-state index contributed by atoms with van der Waals surface area (Å²) in [5.41, 5.74) is 3.93. The molecule has 0 bridgehead atoms. The van der Waals surface area contributed by atoms with Crippen LogP contribution in [0.15, 0.2) is 96.1 Å². The molecule has 2 aliphatic heterocycles. The molecule has 8 nitrogen and oxygen atoms in total. The van der Waals surface area contributed by atoms with E-state index in [0.717, 1.165) is 16.8 Å². The highest BCUT2D eigenvalue weighted by Crippen LogP contribution is 2.43. The first-order valence-corrected chi connectivity index (χ1v) is 11.7. The van der Waals surface area contributed by atoms with Crippen LogP contribution >= 0.6 is 0 Å². The number of imide groups is 1. The number of amides is 2. The number of rotatable bonds is 4. The van der Waals surface area contributed by atoms with Crippen LogP contribution in [0.5, 0.6) is 11.5 Å². The molecule has 0 aliphatic carbocycles. The zero-order valence-electron chi connectivity index (χ0n) is 19.5. The lowest BCUT2D eigenvalue weighted by Crippen LogP contribution is -2.29. The van der Waals surface area contributed by atoms with E-state index in [1.165, 1.54) is 22.0 Å². The minimum absolute atomic E-state index is 0.108. The van der Waals surface area contributed by atoms with Gasteiger partial charge in [-0.05, 0) is 53.6 Å². The zero-order chi connectivity index (χ0) is 25.5. The molecule has 0 unspecified atom stereocenters. The van der Waals surface area contributed by atoms with Gasteiger partial charge in [0.2, 0.25) is 5.90 Å². The number of aromatic hydroxyl groups is 2. The largest absolute Gasteiger partial charge is 0.506 e. The number of para-hydroxylation sites is 2. The standard InChI is InChI=1S/C29H21N3O5/c33-24-10-5-11-25(34)27(24)32-23-9-4-1-6-19(23)16-26(30-32)37-17-18-12-14-20(15-13-18)31-28(35)21-7-2-3-8-22(21)29(31)36/h1-15,33-34H,16-17H2. The van der Waals surface area contributed by atoms with Crippen LogP contribution in [-0.4, -0.2) is 27.9 Å². The maximum absolute atomic E-state index is 12.7. The lowest BCUT2D eigenvalue weighted by atomic mass is 10.1. The monoisotopic (exact) mass is 491 g/mol. The van der Waals surface area contributed by atoms with Crippen LogP contribution in [0, 0.1) is 0 Å². The molecular formula is C29H21N3O5. The molecule has 2 amide bonds. The van der Waals surface area contributed by atoms with E-state index in [-0.39, 0.29) is 35.6 Å². The minimum atomic E-state index is -0.340. The first-order valence-electron chi connectivity index (χ1n) is 11.7. The molecule has 4 aromatic rings. The van der Waals surface area contributed by atoms with E-state index >= 15 is 0 Å². The predicted octanol–water partition coefficient (Wildman–Crippen LogP) is 5.12. The number of phenolic OH excluding ortho intramolecular Hbond substituents is 2. The van der Waals surface area contributed by atoms with Crippen molar-refractivity contribution in [3.05, 3.63) is 113 Å². The van der Waals surface area contributed by atoms with Gasteiger partial charge in [-0.15, -0.1) is 5.10 Å². The van der Waals surface area contributed by atoms with Crippen LogP contribution in [-0.2, 0) is 17.8 Å². The van der Waals surface area contributed by atoms with Crippen LogP contribution in [0.1, 0.15) is 31.8 Å². The number of anilines is 3. The smallest absolute Gasteiger partial charge is 0.266 e. The number of phenols is 2. The highest BCUT2D eigenvalue weighted by Gasteiger charge is 2.36. The summed E-state index contributed by atoms with van der Waals surface area (Å²) >= 11 is 0. The van der Waals surface area contributed by atoms with Crippen molar-refractivity contribution in [2.75, 3.05) is 9.91 Å². The van der Waals surface area contributed by atoms with E-state index in [1.54, 1.807) is 54.6 Å². The third-order valence-corrected chi connectivity index (χ3v) is 6.37. The van der Waals surface area contributed by atoms with Crippen LogP contribution in [0.2, 0.25) is 0 Å². The normalized spacial score (nSPS) is 14.3. The molecule has 0 fully saturated rings. The lowest BCUT2D eigenvalue weighted by molar-refractivity contribution is 0.0926. The number of hydrogen-bond donors (Lipinski definition) is 2. The highest BCUT2D eigenvalue weighted by molar-refractivity contribution is 6.34. The molecule has 182 valence electrons. The van der Waals surface area contributed by atoms with Gasteiger partial charge in [-0.2, -0.15) is 0 Å². The second-order valence-corrected chi connectivity index (χ2v) is 8.70. The summed E-state index contributed by atoms with van der Waals surface area (Å²) in [5, 5.41) is 26.9. The predicted molar refractivity (Wildman–Crippen MR) is 138 cm³/mol. The molecular weight excluding hydrogens is 470 g/mol. The molecule has 2 aliphatic rings. The molecule has 0 spiro atoms. The van der Waals surface area contributed by atoms with Gasteiger partial charge in [-0.1, -0.05) is 48.5 Å². The number of hydrogen-bond acceptors (Lipinski definition) is 7. The second-order valence-electron chi connectivity index (χ2n) is 8.70. The minimum Gasteiger partial charge on any atom is -0.506 e. The van der Waals surface area contributed by atoms with Crippen molar-refractivity contribution in [2.24, 2.45) is 5.10 Å².